The van der Waals surface area contributed by atoms with E-state index < -0.39 is 0 Å². The molecule has 1 aromatic carbocycles. The van der Waals surface area contributed by atoms with Crippen LogP contribution in [0.3, 0.4) is 0 Å². The predicted molar refractivity (Wildman–Crippen MR) is 149 cm³/mol. The maximum Gasteiger partial charge on any atom is 0.270 e. The molecule has 12 heteroatoms. The van der Waals surface area contributed by atoms with Gasteiger partial charge < -0.3 is 24.5 Å². The second-order valence-electron chi connectivity index (χ2n) is 9.45. The van der Waals surface area contributed by atoms with E-state index >= 15 is 0 Å². The number of hydrogen-bond donors (Lipinski definition) is 2. The maximum atomic E-state index is 13.3. The highest BCUT2D eigenvalue weighted by Gasteiger charge is 2.21. The fraction of sp³-hybridized carbons (Fsp3) is 0.321. The molecule has 0 fully saturated rings. The van der Waals surface area contributed by atoms with Crippen molar-refractivity contribution in [2.75, 3.05) is 20.8 Å². The summed E-state index contributed by atoms with van der Waals surface area (Å²) in [6.07, 6.45) is 4.23. The molecule has 0 aliphatic carbocycles. The predicted octanol–water partition coefficient (Wildman–Crippen LogP) is 2.87. The van der Waals surface area contributed by atoms with E-state index in [4.69, 9.17) is 19.4 Å². The summed E-state index contributed by atoms with van der Waals surface area (Å²) in [5, 5.41) is 22.0. The number of pyridine rings is 1. The molecule has 4 heterocycles. The second kappa shape index (κ2) is 11.2. The van der Waals surface area contributed by atoms with Crippen molar-refractivity contribution in [1.29, 1.82) is 0 Å². The summed E-state index contributed by atoms with van der Waals surface area (Å²) in [4.78, 5) is 23.0. The third-order valence-corrected chi connectivity index (χ3v) is 6.69. The van der Waals surface area contributed by atoms with Crippen molar-refractivity contribution in [2.45, 2.75) is 26.4 Å². The van der Waals surface area contributed by atoms with E-state index in [0.717, 1.165) is 33.5 Å². The number of aromatic nitrogens is 7. The lowest BCUT2D eigenvalue weighted by Crippen LogP contribution is -2.24. The zero-order valence-electron chi connectivity index (χ0n) is 23.2. The molecule has 40 heavy (non-hydrogen) atoms. The van der Waals surface area contributed by atoms with Gasteiger partial charge in [0, 0.05) is 57.0 Å². The number of carbonyl (C=O) groups is 1. The lowest BCUT2D eigenvalue weighted by Gasteiger charge is -2.12. The van der Waals surface area contributed by atoms with Crippen LogP contribution in [-0.2, 0) is 27.2 Å². The number of aliphatic hydroxyl groups excluding tert-OH is 1. The summed E-state index contributed by atoms with van der Waals surface area (Å²) in [6.45, 7) is 2.82. The first-order valence-electron chi connectivity index (χ1n) is 12.8. The van der Waals surface area contributed by atoms with Crippen LogP contribution in [-0.4, -0.2) is 65.9 Å². The maximum absolute atomic E-state index is 13.3. The van der Waals surface area contributed by atoms with E-state index in [1.165, 1.54) is 0 Å². The van der Waals surface area contributed by atoms with Crippen LogP contribution < -0.4 is 14.8 Å². The third-order valence-electron chi connectivity index (χ3n) is 6.69. The molecule has 0 atom stereocenters. The Morgan fingerprint density at radius 1 is 1.10 bits per heavy atom. The Kier molecular flexibility index (Phi) is 7.52. The molecular formula is C28H32N8O4. The Morgan fingerprint density at radius 3 is 2.67 bits per heavy atom. The van der Waals surface area contributed by atoms with Crippen LogP contribution in [0.5, 0.6) is 11.5 Å². The number of methoxy groups -OCH3 is 2. The number of hydrogen-bond acceptors (Lipinski definition) is 8. The second-order valence-corrected chi connectivity index (χ2v) is 9.45. The summed E-state index contributed by atoms with van der Waals surface area (Å²) >= 11 is 0. The van der Waals surface area contributed by atoms with Crippen molar-refractivity contribution < 1.29 is 19.4 Å². The third kappa shape index (κ3) is 5.13. The number of aryl methyl sites for hydroxylation is 4. The molecule has 0 radical (unpaired) electrons. The minimum absolute atomic E-state index is 0.0782. The van der Waals surface area contributed by atoms with Crippen molar-refractivity contribution in [3.8, 4) is 34.4 Å². The van der Waals surface area contributed by atoms with E-state index in [0.29, 0.717) is 36.0 Å². The minimum Gasteiger partial charge on any atom is -0.497 e. The van der Waals surface area contributed by atoms with Crippen LogP contribution in [0.25, 0.3) is 33.8 Å². The zero-order valence-corrected chi connectivity index (χ0v) is 23.2. The number of carbonyl (C=O) groups excluding carboxylic acids is 1. The first kappa shape index (κ1) is 26.9. The van der Waals surface area contributed by atoms with Crippen LogP contribution in [0.15, 0.2) is 42.7 Å². The number of rotatable bonds is 10. The van der Waals surface area contributed by atoms with Crippen molar-refractivity contribution in [2.24, 2.45) is 14.1 Å². The first-order valence-corrected chi connectivity index (χ1v) is 12.8. The van der Waals surface area contributed by atoms with Crippen molar-refractivity contribution >= 4 is 16.8 Å². The van der Waals surface area contributed by atoms with Crippen LogP contribution in [0.4, 0.5) is 0 Å². The average Bonchev–Trinajstić information content (AvgIpc) is 3.65. The Labute approximate surface area is 231 Å². The number of fused-ring (bicyclic) bond motifs is 1. The van der Waals surface area contributed by atoms with E-state index in [1.807, 2.05) is 54.7 Å². The fourth-order valence-electron chi connectivity index (χ4n) is 4.65. The number of imidazole rings is 1. The Bertz CT molecular complexity index is 1680. The standard InChI is InChI=1S/C28H32N8O4/c1-17-11-24(36(33-17)9-6-10-37)22-16-34(2)27(32-22)26-20-15-30-35(3)23(20)13-21(31-26)28(38)29-14-18-7-8-19(39-4)12-25(18)40-5/h7-8,11-13,15-16,37H,6,9-10,14H2,1-5H3,(H,29,38). The Balaban J connectivity index is 1.50. The Morgan fingerprint density at radius 2 is 1.93 bits per heavy atom. The van der Waals surface area contributed by atoms with E-state index in [1.54, 1.807) is 37.2 Å². The van der Waals surface area contributed by atoms with E-state index in [2.05, 4.69) is 15.5 Å². The molecule has 0 aliphatic rings. The van der Waals surface area contributed by atoms with E-state index in [-0.39, 0.29) is 24.8 Å². The van der Waals surface area contributed by atoms with Gasteiger partial charge in [0.15, 0.2) is 5.82 Å². The Hall–Kier alpha value is -4.71. The molecule has 0 saturated carbocycles. The lowest BCUT2D eigenvalue weighted by atomic mass is 10.1. The molecule has 12 nitrogen and oxygen atoms in total. The van der Waals surface area contributed by atoms with Crippen LogP contribution in [0.2, 0.25) is 0 Å². The molecule has 0 aliphatic heterocycles. The molecule has 2 N–H and O–H groups in total. The van der Waals surface area contributed by atoms with Gasteiger partial charge in [-0.3, -0.25) is 14.2 Å². The van der Waals surface area contributed by atoms with Crippen LogP contribution in [0.1, 0.15) is 28.2 Å². The van der Waals surface area contributed by atoms with Gasteiger partial charge in [0.05, 0.1) is 37.3 Å². The molecule has 0 unspecified atom stereocenters. The van der Waals surface area contributed by atoms with Crippen molar-refractivity contribution in [3.05, 3.63) is 59.7 Å². The van der Waals surface area contributed by atoms with Gasteiger partial charge >= 0.3 is 0 Å². The molecule has 5 rings (SSSR count). The summed E-state index contributed by atoms with van der Waals surface area (Å²) in [5.74, 6) is 1.53. The van der Waals surface area contributed by atoms with Gasteiger partial charge in [-0.1, -0.05) is 0 Å². The summed E-state index contributed by atoms with van der Waals surface area (Å²) in [5.41, 5.74) is 4.77. The van der Waals surface area contributed by atoms with Crippen molar-refractivity contribution in [3.63, 3.8) is 0 Å². The minimum atomic E-state index is -0.339. The number of benzene rings is 1. The molecule has 0 bridgehead atoms. The summed E-state index contributed by atoms with van der Waals surface area (Å²) < 4.78 is 16.2. The van der Waals surface area contributed by atoms with Gasteiger partial charge in [-0.05, 0) is 37.6 Å². The number of aliphatic hydroxyl groups is 1. The molecule has 0 spiro atoms. The number of nitrogens with one attached hydrogen (secondary N) is 1. The largest absolute Gasteiger partial charge is 0.497 e. The monoisotopic (exact) mass is 544 g/mol. The molecule has 0 saturated heterocycles. The molecule has 1 amide bonds. The quantitative estimate of drug-likeness (QED) is 0.274. The number of nitrogens with zero attached hydrogens (tertiary/aromatic N) is 7. The van der Waals surface area contributed by atoms with Crippen molar-refractivity contribution in [1.82, 2.24) is 39.4 Å². The highest BCUT2D eigenvalue weighted by Crippen LogP contribution is 2.30. The lowest BCUT2D eigenvalue weighted by molar-refractivity contribution is 0.0946. The molecular weight excluding hydrogens is 512 g/mol. The molecule has 4 aromatic heterocycles. The number of amides is 1. The van der Waals surface area contributed by atoms with Crippen LogP contribution in [0, 0.1) is 6.92 Å². The van der Waals surface area contributed by atoms with Gasteiger partial charge in [0.2, 0.25) is 0 Å². The summed E-state index contributed by atoms with van der Waals surface area (Å²) in [6, 6.07) is 9.13. The van der Waals surface area contributed by atoms with Gasteiger partial charge in [-0.2, -0.15) is 10.2 Å². The topological polar surface area (TPSA) is 134 Å². The van der Waals surface area contributed by atoms with E-state index in [9.17, 15) is 9.90 Å². The SMILES string of the molecule is COc1ccc(CNC(=O)c2cc3c(cnn3C)c(-c3nc(-c4cc(C)nn4CCCO)cn3C)n2)c(OC)c1. The van der Waals surface area contributed by atoms with Gasteiger partial charge in [0.25, 0.3) is 5.91 Å². The van der Waals surface area contributed by atoms with Gasteiger partial charge in [-0.25, -0.2) is 9.97 Å². The number of ether oxygens (including phenoxy) is 2. The van der Waals surface area contributed by atoms with Gasteiger partial charge in [0.1, 0.15) is 28.6 Å². The smallest absolute Gasteiger partial charge is 0.270 e. The highest BCUT2D eigenvalue weighted by atomic mass is 16.5. The molecule has 5 aromatic rings. The fourth-order valence-corrected chi connectivity index (χ4v) is 4.65. The zero-order chi connectivity index (χ0) is 28.4. The highest BCUT2D eigenvalue weighted by molar-refractivity contribution is 5.99. The first-order chi connectivity index (χ1) is 19.3. The molecule has 208 valence electrons. The average molecular weight is 545 g/mol. The van der Waals surface area contributed by atoms with Crippen LogP contribution >= 0.6 is 0 Å². The normalized spacial score (nSPS) is 11.2. The van der Waals surface area contributed by atoms with Gasteiger partial charge in [-0.15, -0.1) is 0 Å². The summed E-state index contributed by atoms with van der Waals surface area (Å²) in [7, 11) is 6.87.